The molecule has 0 fully saturated rings. The summed E-state index contributed by atoms with van der Waals surface area (Å²) in [5.41, 5.74) is 2.35. The number of imidazole rings is 1. The summed E-state index contributed by atoms with van der Waals surface area (Å²) < 4.78 is 0. The van der Waals surface area contributed by atoms with Crippen LogP contribution in [0.25, 0.3) is 11.0 Å². The number of nitrogens with one attached hydrogen (secondary N) is 1. The summed E-state index contributed by atoms with van der Waals surface area (Å²) in [6.07, 6.45) is 1.65. The summed E-state index contributed by atoms with van der Waals surface area (Å²) in [6, 6.07) is 8.13. The number of para-hydroxylation sites is 1. The second-order valence-electron chi connectivity index (χ2n) is 3.84. The molecule has 2 rings (SSSR count). The Balaban J connectivity index is 2.75. The minimum absolute atomic E-state index is 0.491. The lowest BCUT2D eigenvalue weighted by atomic mass is 9.85. The number of nitriles is 1. The smallest absolute Gasteiger partial charge is 0.0932 e. The summed E-state index contributed by atoms with van der Waals surface area (Å²) in [5.74, 6) is 0. The number of aromatic amines is 1. The molecule has 0 saturated heterocycles. The Kier molecular flexibility index (Phi) is 1.78. The fourth-order valence-electron chi connectivity index (χ4n) is 1.53. The maximum Gasteiger partial charge on any atom is 0.0932 e. The van der Waals surface area contributed by atoms with Crippen molar-refractivity contribution in [2.45, 2.75) is 19.3 Å². The van der Waals surface area contributed by atoms with Gasteiger partial charge in [0.15, 0.2) is 0 Å². The summed E-state index contributed by atoms with van der Waals surface area (Å²) in [4.78, 5) is 7.26. The van der Waals surface area contributed by atoms with Crippen molar-refractivity contribution < 1.29 is 0 Å². The van der Waals surface area contributed by atoms with Gasteiger partial charge in [0, 0.05) is 0 Å². The molecule has 0 aliphatic heterocycles. The van der Waals surface area contributed by atoms with E-state index in [9.17, 15) is 0 Å². The molecule has 1 N–H and O–H groups in total. The van der Waals surface area contributed by atoms with Crippen LogP contribution in [-0.2, 0) is 5.41 Å². The van der Waals surface area contributed by atoms with Crippen LogP contribution >= 0.6 is 0 Å². The van der Waals surface area contributed by atoms with E-state index in [0.29, 0.717) is 0 Å². The number of rotatable bonds is 1. The van der Waals surface area contributed by atoms with Gasteiger partial charge in [0.1, 0.15) is 0 Å². The molecule has 1 aromatic heterocycles. The van der Waals surface area contributed by atoms with Crippen LogP contribution < -0.4 is 0 Å². The molecular weight excluding hydrogens is 174 g/mol. The fraction of sp³-hybridized carbons (Fsp3) is 0.273. The zero-order valence-corrected chi connectivity index (χ0v) is 8.20. The van der Waals surface area contributed by atoms with Gasteiger partial charge in [0.25, 0.3) is 0 Å². The van der Waals surface area contributed by atoms with E-state index < -0.39 is 5.41 Å². The average Bonchev–Trinajstić information content (AvgIpc) is 2.64. The molecule has 14 heavy (non-hydrogen) atoms. The first-order chi connectivity index (χ1) is 6.65. The first kappa shape index (κ1) is 8.76. The Hall–Kier alpha value is -1.82. The van der Waals surface area contributed by atoms with E-state index in [0.717, 1.165) is 16.6 Å². The Bertz CT molecular complexity index is 502. The molecule has 0 radical (unpaired) electrons. The molecule has 0 aliphatic carbocycles. The van der Waals surface area contributed by atoms with Crippen LogP contribution in [0.3, 0.4) is 0 Å². The van der Waals surface area contributed by atoms with Crippen LogP contribution in [0.5, 0.6) is 0 Å². The Morgan fingerprint density at radius 3 is 2.93 bits per heavy atom. The monoisotopic (exact) mass is 185 g/mol. The van der Waals surface area contributed by atoms with Gasteiger partial charge in [-0.2, -0.15) is 5.26 Å². The van der Waals surface area contributed by atoms with Crippen molar-refractivity contribution in [1.29, 1.82) is 5.26 Å². The number of H-pyrrole nitrogens is 1. The second kappa shape index (κ2) is 2.85. The molecule has 0 bridgehead atoms. The van der Waals surface area contributed by atoms with E-state index in [1.54, 1.807) is 6.33 Å². The van der Waals surface area contributed by atoms with Gasteiger partial charge in [0.05, 0.1) is 28.8 Å². The van der Waals surface area contributed by atoms with Gasteiger partial charge in [-0.25, -0.2) is 4.98 Å². The lowest BCUT2D eigenvalue weighted by Crippen LogP contribution is -2.14. The highest BCUT2D eigenvalue weighted by molar-refractivity contribution is 5.79. The highest BCUT2D eigenvalue weighted by Gasteiger charge is 2.22. The van der Waals surface area contributed by atoms with E-state index in [2.05, 4.69) is 16.0 Å². The lowest BCUT2D eigenvalue weighted by Gasteiger charge is -2.15. The fourth-order valence-corrected chi connectivity index (χ4v) is 1.53. The molecule has 0 saturated carbocycles. The summed E-state index contributed by atoms with van der Waals surface area (Å²) in [5, 5.41) is 9.06. The predicted octanol–water partition coefficient (Wildman–Crippen LogP) is 2.36. The van der Waals surface area contributed by atoms with Gasteiger partial charge in [-0.1, -0.05) is 12.1 Å². The van der Waals surface area contributed by atoms with E-state index >= 15 is 0 Å². The van der Waals surface area contributed by atoms with E-state index in [-0.39, 0.29) is 0 Å². The SMILES string of the molecule is CC(C)(C#N)c1cccc2[nH]cnc12. The molecule has 0 unspecified atom stereocenters. The lowest BCUT2D eigenvalue weighted by molar-refractivity contribution is 0.692. The van der Waals surface area contributed by atoms with Crippen molar-refractivity contribution in [1.82, 2.24) is 9.97 Å². The Labute approximate surface area is 82.4 Å². The molecule has 0 spiro atoms. The zero-order chi connectivity index (χ0) is 10.2. The third kappa shape index (κ3) is 1.16. The minimum Gasteiger partial charge on any atom is -0.345 e. The standard InChI is InChI=1S/C11H11N3/c1-11(2,6-12)8-4-3-5-9-10(8)14-7-13-9/h3-5,7H,1-2H3,(H,13,14). The normalized spacial score (nSPS) is 11.5. The van der Waals surface area contributed by atoms with Crippen molar-refractivity contribution >= 4 is 11.0 Å². The summed E-state index contributed by atoms with van der Waals surface area (Å²) in [6.45, 7) is 3.80. The Morgan fingerprint density at radius 2 is 2.21 bits per heavy atom. The predicted molar refractivity (Wildman–Crippen MR) is 54.7 cm³/mol. The molecule has 70 valence electrons. The van der Waals surface area contributed by atoms with Gasteiger partial charge in [-0.3, -0.25) is 0 Å². The number of benzene rings is 1. The van der Waals surface area contributed by atoms with Crippen molar-refractivity contribution in [3.05, 3.63) is 30.1 Å². The van der Waals surface area contributed by atoms with Crippen molar-refractivity contribution in [2.75, 3.05) is 0 Å². The van der Waals surface area contributed by atoms with Crippen molar-refractivity contribution in [3.63, 3.8) is 0 Å². The van der Waals surface area contributed by atoms with Gasteiger partial charge in [-0.15, -0.1) is 0 Å². The van der Waals surface area contributed by atoms with Crippen LogP contribution in [0.2, 0.25) is 0 Å². The Morgan fingerprint density at radius 1 is 1.43 bits per heavy atom. The first-order valence-corrected chi connectivity index (χ1v) is 4.49. The van der Waals surface area contributed by atoms with Crippen LogP contribution in [0.1, 0.15) is 19.4 Å². The minimum atomic E-state index is -0.491. The summed E-state index contributed by atoms with van der Waals surface area (Å²) >= 11 is 0. The summed E-state index contributed by atoms with van der Waals surface area (Å²) in [7, 11) is 0. The largest absolute Gasteiger partial charge is 0.345 e. The quantitative estimate of drug-likeness (QED) is 0.741. The number of aromatic nitrogens is 2. The molecule has 3 nitrogen and oxygen atoms in total. The third-order valence-corrected chi connectivity index (χ3v) is 2.40. The van der Waals surface area contributed by atoms with Crippen molar-refractivity contribution in [2.24, 2.45) is 0 Å². The highest BCUT2D eigenvalue weighted by Crippen LogP contribution is 2.27. The van der Waals surface area contributed by atoms with Gasteiger partial charge in [-0.05, 0) is 25.5 Å². The molecule has 1 heterocycles. The van der Waals surface area contributed by atoms with Crippen LogP contribution in [0.15, 0.2) is 24.5 Å². The molecule has 3 heteroatoms. The van der Waals surface area contributed by atoms with E-state index in [1.807, 2.05) is 32.0 Å². The maximum atomic E-state index is 9.06. The van der Waals surface area contributed by atoms with Gasteiger partial charge in [0.2, 0.25) is 0 Å². The molecule has 1 aromatic carbocycles. The van der Waals surface area contributed by atoms with Crippen LogP contribution in [0.4, 0.5) is 0 Å². The highest BCUT2D eigenvalue weighted by atomic mass is 14.9. The molecule has 0 amide bonds. The van der Waals surface area contributed by atoms with Gasteiger partial charge >= 0.3 is 0 Å². The number of hydrogen-bond donors (Lipinski definition) is 1. The van der Waals surface area contributed by atoms with Crippen LogP contribution in [-0.4, -0.2) is 9.97 Å². The maximum absolute atomic E-state index is 9.06. The van der Waals surface area contributed by atoms with E-state index in [1.165, 1.54) is 0 Å². The number of fused-ring (bicyclic) bond motifs is 1. The number of hydrogen-bond acceptors (Lipinski definition) is 2. The third-order valence-electron chi connectivity index (χ3n) is 2.40. The van der Waals surface area contributed by atoms with Crippen LogP contribution in [0, 0.1) is 11.3 Å². The molecular formula is C11H11N3. The molecule has 0 atom stereocenters. The zero-order valence-electron chi connectivity index (χ0n) is 8.20. The molecule has 0 aliphatic rings. The number of nitrogens with zero attached hydrogens (tertiary/aromatic N) is 2. The van der Waals surface area contributed by atoms with E-state index in [4.69, 9.17) is 5.26 Å². The van der Waals surface area contributed by atoms with Crippen molar-refractivity contribution in [3.8, 4) is 6.07 Å². The first-order valence-electron chi connectivity index (χ1n) is 4.49. The molecule has 2 aromatic rings. The topological polar surface area (TPSA) is 52.5 Å². The van der Waals surface area contributed by atoms with Gasteiger partial charge < -0.3 is 4.98 Å². The second-order valence-corrected chi connectivity index (χ2v) is 3.84. The average molecular weight is 185 g/mol.